The highest BCUT2D eigenvalue weighted by molar-refractivity contribution is 7.88. The second-order valence-corrected chi connectivity index (χ2v) is 8.11. The lowest BCUT2D eigenvalue weighted by molar-refractivity contribution is 0.169. The highest BCUT2D eigenvalue weighted by atomic mass is 32.2. The van der Waals surface area contributed by atoms with Crippen LogP contribution in [-0.4, -0.2) is 49.8 Å². The summed E-state index contributed by atoms with van der Waals surface area (Å²) in [6.07, 6.45) is 4.81. The Kier molecular flexibility index (Phi) is 4.62. The standard InChI is InChI=1S/C16H24N2O2S/c19-21(20,14-15-7-3-1-4-8-15)18-12-9-16(13-18)17-10-5-2-6-11-17/h1,3-4,7-8,16H,2,5-6,9-14H2. The maximum absolute atomic E-state index is 12.5. The van der Waals surface area contributed by atoms with Gasteiger partial charge in [0.25, 0.3) is 0 Å². The topological polar surface area (TPSA) is 40.6 Å². The monoisotopic (exact) mass is 308 g/mol. The van der Waals surface area contributed by atoms with E-state index >= 15 is 0 Å². The summed E-state index contributed by atoms with van der Waals surface area (Å²) < 4.78 is 26.8. The second-order valence-electron chi connectivity index (χ2n) is 6.14. The highest BCUT2D eigenvalue weighted by Crippen LogP contribution is 2.23. The summed E-state index contributed by atoms with van der Waals surface area (Å²) in [5, 5.41) is 0. The lowest BCUT2D eigenvalue weighted by Gasteiger charge is -2.32. The van der Waals surface area contributed by atoms with Gasteiger partial charge in [-0.05, 0) is 37.9 Å². The average Bonchev–Trinajstić information content (AvgIpc) is 2.99. The molecule has 1 unspecified atom stereocenters. The van der Waals surface area contributed by atoms with Crippen LogP contribution in [0.15, 0.2) is 30.3 Å². The molecule has 0 saturated carbocycles. The van der Waals surface area contributed by atoms with Crippen LogP contribution in [0.3, 0.4) is 0 Å². The fourth-order valence-electron chi connectivity index (χ4n) is 3.42. The first-order chi connectivity index (χ1) is 10.1. The van der Waals surface area contributed by atoms with Crippen molar-refractivity contribution >= 4 is 10.0 Å². The fraction of sp³-hybridized carbons (Fsp3) is 0.625. The molecule has 0 radical (unpaired) electrons. The van der Waals surface area contributed by atoms with Crippen LogP contribution < -0.4 is 0 Å². The number of hydrogen-bond acceptors (Lipinski definition) is 3. The molecular formula is C16H24N2O2S. The Morgan fingerprint density at radius 2 is 1.71 bits per heavy atom. The number of hydrogen-bond donors (Lipinski definition) is 0. The third kappa shape index (κ3) is 3.65. The fourth-order valence-corrected chi connectivity index (χ4v) is 5.00. The van der Waals surface area contributed by atoms with Gasteiger partial charge in [0.05, 0.1) is 5.75 Å². The normalized spacial score (nSPS) is 25.2. The average molecular weight is 308 g/mol. The number of sulfonamides is 1. The molecule has 0 bridgehead atoms. The molecule has 2 heterocycles. The zero-order chi connectivity index (χ0) is 14.7. The largest absolute Gasteiger partial charge is 0.299 e. The van der Waals surface area contributed by atoms with Crippen molar-refractivity contribution in [2.45, 2.75) is 37.5 Å². The minimum atomic E-state index is -3.18. The number of benzene rings is 1. The maximum atomic E-state index is 12.5. The van der Waals surface area contributed by atoms with Crippen LogP contribution in [0.1, 0.15) is 31.2 Å². The van der Waals surface area contributed by atoms with Crippen LogP contribution in [0.2, 0.25) is 0 Å². The van der Waals surface area contributed by atoms with Gasteiger partial charge >= 0.3 is 0 Å². The van der Waals surface area contributed by atoms with Crippen LogP contribution in [0, 0.1) is 0 Å². The third-order valence-corrected chi connectivity index (χ3v) is 6.44. The van der Waals surface area contributed by atoms with Crippen molar-refractivity contribution in [1.29, 1.82) is 0 Å². The van der Waals surface area contributed by atoms with Crippen LogP contribution >= 0.6 is 0 Å². The summed E-state index contributed by atoms with van der Waals surface area (Å²) in [7, 11) is -3.18. The summed E-state index contributed by atoms with van der Waals surface area (Å²) in [5.74, 6) is 0.126. The predicted octanol–water partition coefficient (Wildman–Crippen LogP) is 2.08. The molecule has 2 fully saturated rings. The third-order valence-electron chi connectivity index (χ3n) is 4.62. The van der Waals surface area contributed by atoms with Gasteiger partial charge in [0.15, 0.2) is 0 Å². The summed E-state index contributed by atoms with van der Waals surface area (Å²) in [6.45, 7) is 3.62. The van der Waals surface area contributed by atoms with Gasteiger partial charge in [-0.25, -0.2) is 12.7 Å². The van der Waals surface area contributed by atoms with Crippen LogP contribution in [-0.2, 0) is 15.8 Å². The van der Waals surface area contributed by atoms with Crippen LogP contribution in [0.5, 0.6) is 0 Å². The van der Waals surface area contributed by atoms with Crippen LogP contribution in [0.25, 0.3) is 0 Å². The molecule has 116 valence electrons. The van der Waals surface area contributed by atoms with E-state index in [1.54, 1.807) is 4.31 Å². The quantitative estimate of drug-likeness (QED) is 0.855. The molecule has 0 spiro atoms. The molecule has 1 aromatic rings. The van der Waals surface area contributed by atoms with E-state index in [2.05, 4.69) is 4.90 Å². The molecule has 2 saturated heterocycles. The van der Waals surface area contributed by atoms with Gasteiger partial charge < -0.3 is 0 Å². The van der Waals surface area contributed by atoms with E-state index in [0.29, 0.717) is 19.1 Å². The first kappa shape index (κ1) is 15.0. The maximum Gasteiger partial charge on any atom is 0.218 e. The number of nitrogens with zero attached hydrogens (tertiary/aromatic N) is 2. The van der Waals surface area contributed by atoms with E-state index in [0.717, 1.165) is 25.1 Å². The zero-order valence-corrected chi connectivity index (χ0v) is 13.3. The molecular weight excluding hydrogens is 284 g/mol. The lowest BCUT2D eigenvalue weighted by Crippen LogP contribution is -2.41. The van der Waals surface area contributed by atoms with Gasteiger partial charge in [0.1, 0.15) is 0 Å². The Labute approximate surface area is 127 Å². The SMILES string of the molecule is O=S(=O)(Cc1ccccc1)N1CCC(N2CCCCC2)C1. The molecule has 1 atom stereocenters. The Hall–Kier alpha value is -0.910. The minimum Gasteiger partial charge on any atom is -0.299 e. The first-order valence-electron chi connectivity index (χ1n) is 7.91. The molecule has 4 nitrogen and oxygen atoms in total. The molecule has 2 aliphatic heterocycles. The van der Waals surface area contributed by atoms with Gasteiger partial charge in [0, 0.05) is 19.1 Å². The van der Waals surface area contributed by atoms with Crippen molar-refractivity contribution in [3.8, 4) is 0 Å². The summed E-state index contributed by atoms with van der Waals surface area (Å²) >= 11 is 0. The van der Waals surface area contributed by atoms with Gasteiger partial charge in [-0.15, -0.1) is 0 Å². The van der Waals surface area contributed by atoms with Gasteiger partial charge in [-0.1, -0.05) is 36.8 Å². The second kappa shape index (κ2) is 6.46. The van der Waals surface area contributed by atoms with Crippen LogP contribution in [0.4, 0.5) is 0 Å². The number of piperidine rings is 1. The number of likely N-dealkylation sites (tertiary alicyclic amines) is 1. The van der Waals surface area contributed by atoms with E-state index in [1.807, 2.05) is 30.3 Å². The molecule has 5 heteroatoms. The molecule has 1 aromatic carbocycles. The van der Waals surface area contributed by atoms with Crippen molar-refractivity contribution in [1.82, 2.24) is 9.21 Å². The van der Waals surface area contributed by atoms with Gasteiger partial charge in [-0.2, -0.15) is 0 Å². The molecule has 3 rings (SSSR count). The molecule has 21 heavy (non-hydrogen) atoms. The molecule has 0 N–H and O–H groups in total. The highest BCUT2D eigenvalue weighted by Gasteiger charge is 2.34. The summed E-state index contributed by atoms with van der Waals surface area (Å²) in [4.78, 5) is 2.49. The Bertz CT molecular complexity index is 553. The summed E-state index contributed by atoms with van der Waals surface area (Å²) in [6, 6.07) is 9.90. The Morgan fingerprint density at radius 3 is 2.43 bits per heavy atom. The van der Waals surface area contributed by atoms with E-state index in [9.17, 15) is 8.42 Å². The van der Waals surface area contributed by atoms with Crippen molar-refractivity contribution < 1.29 is 8.42 Å². The van der Waals surface area contributed by atoms with Gasteiger partial charge in [0.2, 0.25) is 10.0 Å². The van der Waals surface area contributed by atoms with Crippen molar-refractivity contribution in [3.05, 3.63) is 35.9 Å². The Morgan fingerprint density at radius 1 is 1.00 bits per heavy atom. The number of rotatable bonds is 4. The van der Waals surface area contributed by atoms with Crippen molar-refractivity contribution in [2.24, 2.45) is 0 Å². The Balaban J connectivity index is 1.62. The molecule has 0 aromatic heterocycles. The minimum absolute atomic E-state index is 0.126. The van der Waals surface area contributed by atoms with E-state index < -0.39 is 10.0 Å². The first-order valence-corrected chi connectivity index (χ1v) is 9.52. The van der Waals surface area contributed by atoms with Crippen molar-refractivity contribution in [3.63, 3.8) is 0 Å². The van der Waals surface area contributed by atoms with E-state index in [-0.39, 0.29) is 5.75 Å². The smallest absolute Gasteiger partial charge is 0.218 e. The predicted molar refractivity (Wildman–Crippen MR) is 84.5 cm³/mol. The molecule has 0 amide bonds. The zero-order valence-electron chi connectivity index (χ0n) is 12.4. The molecule has 0 aliphatic carbocycles. The van der Waals surface area contributed by atoms with E-state index in [4.69, 9.17) is 0 Å². The van der Waals surface area contributed by atoms with Gasteiger partial charge in [-0.3, -0.25) is 4.90 Å². The summed E-state index contributed by atoms with van der Waals surface area (Å²) in [5.41, 5.74) is 0.874. The lowest BCUT2D eigenvalue weighted by atomic mass is 10.1. The molecule has 2 aliphatic rings. The van der Waals surface area contributed by atoms with E-state index in [1.165, 1.54) is 19.3 Å². The van der Waals surface area contributed by atoms with Crippen molar-refractivity contribution in [2.75, 3.05) is 26.2 Å².